The zero-order chi connectivity index (χ0) is 44.3. The van der Waals surface area contributed by atoms with Gasteiger partial charge < -0.3 is 22.9 Å². The number of benzene rings is 4. The van der Waals surface area contributed by atoms with Gasteiger partial charge in [-0.1, -0.05) is 88.1 Å². The highest BCUT2D eigenvalue weighted by Gasteiger charge is 2.74. The topological polar surface area (TPSA) is 57.2 Å². The number of ether oxygens (including phenoxy) is 3. The Hall–Kier alpha value is -3.33. The molecule has 0 unspecified atom stereocenters. The van der Waals surface area contributed by atoms with Crippen molar-refractivity contribution in [3.63, 3.8) is 0 Å². The minimum atomic E-state index is -5.82. The van der Waals surface area contributed by atoms with Crippen molar-refractivity contribution in [2.75, 3.05) is 21.3 Å². The summed E-state index contributed by atoms with van der Waals surface area (Å²) in [6, 6.07) is 28.7. The minimum absolute atomic E-state index is 0.0544. The number of rotatable bonds is 15. The van der Waals surface area contributed by atoms with Crippen LogP contribution in [0.2, 0.25) is 0 Å². The van der Waals surface area contributed by atoms with Crippen LogP contribution in [0.1, 0.15) is 131 Å². The van der Waals surface area contributed by atoms with Crippen LogP contribution in [-0.4, -0.2) is 42.3 Å². The van der Waals surface area contributed by atoms with E-state index in [1.807, 2.05) is 48.5 Å². The highest BCUT2D eigenvalue weighted by atomic mass is 32.2. The summed E-state index contributed by atoms with van der Waals surface area (Å²) >= 11 is -2.49. The zero-order valence-electron chi connectivity index (χ0n) is 35.5. The van der Waals surface area contributed by atoms with Crippen LogP contribution in [0.15, 0.2) is 99.6 Å². The van der Waals surface area contributed by atoms with Crippen molar-refractivity contribution in [1.29, 1.82) is 0 Å². The summed E-state index contributed by atoms with van der Waals surface area (Å²) in [6.45, 7) is 0. The standard InChI is InChI=1S/C27H36F6O2S2.C21H21O3S/c28-25(29,26(30,31)36-34)27(32,33)37-35-24-22(19-12-6-2-7-13-19)16-21(18-10-4-1-5-11-18)17-23(24)20-14-8-3-9-15-20;1-22-16-7-4-10-19(13-16)25(20-11-5-8-17(14-20)23-2)21-12-6-9-18(15-21)24-3/h16-20,34H,1-15H2;4-15H,1-3H3/q;+1. The van der Waals surface area contributed by atoms with Crippen LogP contribution in [0.3, 0.4) is 0 Å². The molecule has 1 N–H and O–H groups in total. The van der Waals surface area contributed by atoms with Crippen molar-refractivity contribution in [1.82, 2.24) is 0 Å². The normalized spacial score (nSPS) is 17.3. The van der Waals surface area contributed by atoms with Gasteiger partial charge in [-0.05, 0) is 109 Å². The van der Waals surface area contributed by atoms with E-state index in [2.05, 4.69) is 36.4 Å². The second kappa shape index (κ2) is 22.0. The van der Waals surface area contributed by atoms with E-state index in [9.17, 15) is 26.3 Å². The maximum Gasteiger partial charge on any atom is 0.398 e. The van der Waals surface area contributed by atoms with Crippen LogP contribution >= 0.6 is 24.1 Å². The van der Waals surface area contributed by atoms with Gasteiger partial charge in [0.15, 0.2) is 14.7 Å². The molecule has 4 aromatic carbocycles. The first-order valence-electron chi connectivity index (χ1n) is 21.5. The van der Waals surface area contributed by atoms with Gasteiger partial charge in [0.05, 0.1) is 44.3 Å². The van der Waals surface area contributed by atoms with Gasteiger partial charge in [-0.2, -0.15) is 26.3 Å². The van der Waals surface area contributed by atoms with Gasteiger partial charge in [0.1, 0.15) is 35.0 Å². The van der Waals surface area contributed by atoms with Crippen molar-refractivity contribution >= 4 is 35.0 Å². The molecule has 0 atom stereocenters. The molecule has 0 amide bonds. The van der Waals surface area contributed by atoms with Crippen LogP contribution in [0, 0.1) is 0 Å². The van der Waals surface area contributed by atoms with Gasteiger partial charge in [0.25, 0.3) is 0 Å². The van der Waals surface area contributed by atoms with Crippen LogP contribution in [0.5, 0.6) is 23.0 Å². The Morgan fingerprint density at radius 1 is 0.516 bits per heavy atom. The molecular weight excluding hydrogens is 867 g/mol. The minimum Gasteiger partial charge on any atom is -0.497 e. The third-order valence-corrected chi connectivity index (χ3v) is 15.6. The van der Waals surface area contributed by atoms with Gasteiger partial charge in [-0.3, -0.25) is 0 Å². The number of hydrogen-bond acceptors (Lipinski definition) is 7. The molecule has 14 heteroatoms. The van der Waals surface area contributed by atoms with Crippen molar-refractivity contribution in [3.8, 4) is 23.0 Å². The fraction of sp³-hybridized carbons (Fsp3) is 0.500. The molecule has 5 nitrogen and oxygen atoms in total. The highest BCUT2D eigenvalue weighted by molar-refractivity contribution is 7.97. The molecule has 3 saturated carbocycles. The number of hydrogen-bond donors (Lipinski definition) is 1. The molecule has 0 saturated heterocycles. The lowest BCUT2D eigenvalue weighted by Gasteiger charge is -2.33. The molecule has 3 aliphatic carbocycles. The van der Waals surface area contributed by atoms with Crippen molar-refractivity contribution in [3.05, 3.63) is 102 Å². The Balaban J connectivity index is 0.000000223. The first-order chi connectivity index (χ1) is 29.8. The zero-order valence-corrected chi connectivity index (χ0v) is 37.9. The van der Waals surface area contributed by atoms with Gasteiger partial charge in [-0.25, -0.2) is 0 Å². The van der Waals surface area contributed by atoms with Crippen molar-refractivity contribution in [2.24, 2.45) is 0 Å². The lowest BCUT2D eigenvalue weighted by Crippen LogP contribution is -2.50. The molecule has 62 heavy (non-hydrogen) atoms. The first kappa shape index (κ1) is 48.1. The molecule has 0 radical (unpaired) electrons. The fourth-order valence-electron chi connectivity index (χ4n) is 8.87. The molecule has 0 bridgehead atoms. The quantitative estimate of drug-likeness (QED) is 0.0724. The Morgan fingerprint density at radius 2 is 0.887 bits per heavy atom. The fourth-order valence-corrected chi connectivity index (χ4v) is 11.9. The predicted molar refractivity (Wildman–Crippen MR) is 238 cm³/mol. The van der Waals surface area contributed by atoms with Crippen molar-refractivity contribution < 1.29 is 49.3 Å². The summed E-state index contributed by atoms with van der Waals surface area (Å²) in [5, 5.41) is -10.6. The molecule has 0 heterocycles. The predicted octanol–water partition coefficient (Wildman–Crippen LogP) is 15.7. The molecule has 3 fully saturated rings. The van der Waals surface area contributed by atoms with Gasteiger partial charge in [0.2, 0.25) is 0 Å². The lowest BCUT2D eigenvalue weighted by atomic mass is 9.75. The largest absolute Gasteiger partial charge is 0.497 e. The number of methoxy groups -OCH3 is 3. The smallest absolute Gasteiger partial charge is 0.398 e. The van der Waals surface area contributed by atoms with Crippen molar-refractivity contribution in [2.45, 2.75) is 145 Å². The molecule has 4 aromatic rings. The SMILES string of the molecule is COc1cccc([S+](c2cccc(OC)c2)c2cccc(OC)c2)c1.OSC(F)(F)C(F)(F)C(F)(F)SOc1c(C2CCCCC2)cc(C2CCCCC2)cc1C1CCCCC1. The molecule has 338 valence electrons. The summed E-state index contributed by atoms with van der Waals surface area (Å²) in [7, 11) is 4.78. The molecule has 0 spiro atoms. The van der Waals surface area contributed by atoms with Crippen LogP contribution < -0.4 is 18.4 Å². The summed E-state index contributed by atoms with van der Waals surface area (Å²) < 4.78 is 115. The van der Waals surface area contributed by atoms with E-state index < -0.39 is 40.5 Å². The van der Waals surface area contributed by atoms with Gasteiger partial charge in [0, 0.05) is 18.2 Å². The van der Waals surface area contributed by atoms with E-state index >= 15 is 0 Å². The van der Waals surface area contributed by atoms with E-state index in [-0.39, 0.29) is 28.5 Å². The Morgan fingerprint density at radius 3 is 1.24 bits per heavy atom. The molecule has 0 aromatic heterocycles. The van der Waals surface area contributed by atoms with Crippen LogP contribution in [-0.2, 0) is 10.9 Å². The van der Waals surface area contributed by atoms with Crippen LogP contribution in [0.4, 0.5) is 26.3 Å². The molecule has 7 rings (SSSR count). The summed E-state index contributed by atoms with van der Waals surface area (Å²) in [5.41, 5.74) is 2.69. The van der Waals surface area contributed by atoms with E-state index in [1.165, 1.54) is 26.7 Å². The monoisotopic (exact) mass is 923 g/mol. The lowest BCUT2D eigenvalue weighted by molar-refractivity contribution is -0.239. The third-order valence-electron chi connectivity index (χ3n) is 12.2. The molecule has 0 aliphatic heterocycles. The Kier molecular flexibility index (Phi) is 17.1. The van der Waals surface area contributed by atoms with Crippen LogP contribution in [0.25, 0.3) is 0 Å². The van der Waals surface area contributed by atoms with E-state index in [4.69, 9.17) is 22.9 Å². The second-order valence-electron chi connectivity index (χ2n) is 16.2. The van der Waals surface area contributed by atoms with E-state index in [0.717, 1.165) is 118 Å². The first-order valence-corrected chi connectivity index (χ1v) is 24.2. The average Bonchev–Trinajstić information content (AvgIpc) is 3.32. The maximum absolute atomic E-state index is 14.6. The third kappa shape index (κ3) is 11.5. The summed E-state index contributed by atoms with van der Waals surface area (Å²) in [6.07, 6.45) is 15.1. The second-order valence-corrected chi connectivity index (χ2v) is 19.8. The maximum atomic E-state index is 14.6. The van der Waals surface area contributed by atoms with E-state index in [1.54, 1.807) is 21.3 Å². The van der Waals surface area contributed by atoms with Gasteiger partial charge in [-0.15, -0.1) is 0 Å². The Labute approximate surface area is 373 Å². The molecular formula is C48H57F6O5S3+. The molecule has 3 aliphatic rings. The average molecular weight is 924 g/mol. The Bertz CT molecular complexity index is 1880. The summed E-state index contributed by atoms with van der Waals surface area (Å²) in [4.78, 5) is 3.54. The number of halogens is 6. The van der Waals surface area contributed by atoms with E-state index in [0.29, 0.717) is 5.92 Å². The number of alkyl halides is 6. The van der Waals surface area contributed by atoms with Gasteiger partial charge >= 0.3 is 16.4 Å². The summed E-state index contributed by atoms with van der Waals surface area (Å²) in [5.74, 6) is -2.63. The highest BCUT2D eigenvalue weighted by Crippen LogP contribution is 2.56.